The van der Waals surface area contributed by atoms with Gasteiger partial charge < -0.3 is 15.0 Å². The van der Waals surface area contributed by atoms with E-state index < -0.39 is 0 Å². The minimum Gasteiger partial charge on any atom is -0.376 e. The van der Waals surface area contributed by atoms with Crippen molar-refractivity contribution < 1.29 is 14.3 Å². The Morgan fingerprint density at radius 3 is 2.89 bits per heavy atom. The number of hydrogen-bond donors (Lipinski definition) is 1. The maximum absolute atomic E-state index is 12.0. The van der Waals surface area contributed by atoms with E-state index in [1.807, 2.05) is 13.8 Å². The summed E-state index contributed by atoms with van der Waals surface area (Å²) in [5, 5.41) is 2.90. The molecule has 0 saturated carbocycles. The van der Waals surface area contributed by atoms with Crippen molar-refractivity contribution in [2.45, 2.75) is 45.3 Å². The first-order valence-corrected chi connectivity index (χ1v) is 6.76. The molecule has 2 aliphatic heterocycles. The summed E-state index contributed by atoms with van der Waals surface area (Å²) in [6, 6.07) is 0.175. The van der Waals surface area contributed by atoms with E-state index in [2.05, 4.69) is 5.32 Å². The van der Waals surface area contributed by atoms with Gasteiger partial charge in [-0.2, -0.15) is 0 Å². The van der Waals surface area contributed by atoms with E-state index in [1.54, 1.807) is 4.90 Å². The van der Waals surface area contributed by atoms with Crippen molar-refractivity contribution in [3.05, 3.63) is 0 Å². The average Bonchev–Trinajstić information content (AvgIpc) is 2.94. The Kier molecular flexibility index (Phi) is 4.22. The van der Waals surface area contributed by atoms with Crippen molar-refractivity contribution in [1.29, 1.82) is 0 Å². The summed E-state index contributed by atoms with van der Waals surface area (Å²) in [4.78, 5) is 25.5. The molecule has 5 nitrogen and oxygen atoms in total. The summed E-state index contributed by atoms with van der Waals surface area (Å²) in [6.45, 7) is 5.87. The molecule has 0 radical (unpaired) electrons. The maximum Gasteiger partial charge on any atom is 0.225 e. The summed E-state index contributed by atoms with van der Waals surface area (Å²) in [6.07, 6.45) is 2.59. The maximum atomic E-state index is 12.0. The van der Waals surface area contributed by atoms with Crippen LogP contribution in [-0.4, -0.2) is 48.6 Å². The predicted octanol–water partition coefficient (Wildman–Crippen LogP) is 0.538. The van der Waals surface area contributed by atoms with Gasteiger partial charge in [0.05, 0.1) is 12.0 Å². The van der Waals surface area contributed by atoms with Crippen molar-refractivity contribution in [2.24, 2.45) is 5.92 Å². The molecule has 0 aromatic heterocycles. The Bertz CT molecular complexity index is 324. The monoisotopic (exact) mass is 254 g/mol. The number of nitrogens with one attached hydrogen (secondary N) is 1. The number of nitrogens with zero attached hydrogens (tertiary/aromatic N) is 1. The molecule has 2 fully saturated rings. The summed E-state index contributed by atoms with van der Waals surface area (Å²) in [5.74, 6) is -0.120. The number of likely N-dealkylation sites (tertiary alicyclic amines) is 1. The molecule has 18 heavy (non-hydrogen) atoms. The molecule has 0 aliphatic carbocycles. The van der Waals surface area contributed by atoms with Crippen LogP contribution < -0.4 is 5.32 Å². The molecule has 5 heteroatoms. The van der Waals surface area contributed by atoms with Crippen LogP contribution in [-0.2, 0) is 14.3 Å². The Labute approximate surface area is 108 Å². The van der Waals surface area contributed by atoms with Crippen LogP contribution in [0.1, 0.15) is 33.1 Å². The summed E-state index contributed by atoms with van der Waals surface area (Å²) >= 11 is 0. The first kappa shape index (κ1) is 13.3. The lowest BCUT2D eigenvalue weighted by atomic mass is 10.1. The fourth-order valence-corrected chi connectivity index (χ4v) is 2.57. The molecule has 102 valence electrons. The van der Waals surface area contributed by atoms with Crippen molar-refractivity contribution in [2.75, 3.05) is 19.7 Å². The molecular formula is C13H22N2O3. The third-order valence-corrected chi connectivity index (χ3v) is 3.68. The third kappa shape index (κ3) is 3.02. The standard InChI is InChI=1S/C13H22N2O3/c1-9(2)15-8-10(6-12(15)16)13(17)14-7-11-4-3-5-18-11/h9-11H,3-8H2,1-2H3,(H,14,17)/t10-,11+/m0/s1. The molecule has 2 saturated heterocycles. The van der Waals surface area contributed by atoms with Gasteiger partial charge in [-0.3, -0.25) is 9.59 Å². The van der Waals surface area contributed by atoms with Crippen LogP contribution in [0.3, 0.4) is 0 Å². The van der Waals surface area contributed by atoms with Crippen LogP contribution >= 0.6 is 0 Å². The number of amides is 2. The highest BCUT2D eigenvalue weighted by Gasteiger charge is 2.35. The molecule has 2 aliphatic rings. The number of rotatable bonds is 4. The highest BCUT2D eigenvalue weighted by molar-refractivity contribution is 5.89. The number of hydrogen-bond acceptors (Lipinski definition) is 3. The largest absolute Gasteiger partial charge is 0.376 e. The van der Waals surface area contributed by atoms with Gasteiger partial charge in [0.15, 0.2) is 0 Å². The van der Waals surface area contributed by atoms with E-state index in [4.69, 9.17) is 4.74 Å². The lowest BCUT2D eigenvalue weighted by Gasteiger charge is -2.21. The van der Waals surface area contributed by atoms with Crippen molar-refractivity contribution in [3.63, 3.8) is 0 Å². The van der Waals surface area contributed by atoms with Gasteiger partial charge in [-0.25, -0.2) is 0 Å². The van der Waals surface area contributed by atoms with Gasteiger partial charge in [-0.15, -0.1) is 0 Å². The molecule has 1 N–H and O–H groups in total. The highest BCUT2D eigenvalue weighted by atomic mass is 16.5. The molecule has 0 spiro atoms. The molecule has 0 aromatic rings. The summed E-state index contributed by atoms with van der Waals surface area (Å²) < 4.78 is 5.45. The Balaban J connectivity index is 1.77. The van der Waals surface area contributed by atoms with Crippen molar-refractivity contribution in [1.82, 2.24) is 10.2 Å². The zero-order valence-corrected chi connectivity index (χ0v) is 11.1. The topological polar surface area (TPSA) is 58.6 Å². The lowest BCUT2D eigenvalue weighted by Crippen LogP contribution is -2.38. The summed E-state index contributed by atoms with van der Waals surface area (Å²) in [7, 11) is 0. The van der Waals surface area contributed by atoms with Gasteiger partial charge in [-0.1, -0.05) is 0 Å². The second-order valence-corrected chi connectivity index (χ2v) is 5.42. The number of ether oxygens (including phenoxy) is 1. The smallest absolute Gasteiger partial charge is 0.225 e. The SMILES string of the molecule is CC(C)N1C[C@@H](C(=O)NC[C@H]2CCCO2)CC1=O. The molecule has 2 rings (SSSR count). The quantitative estimate of drug-likeness (QED) is 0.796. The molecule has 0 unspecified atom stereocenters. The van der Waals surface area contributed by atoms with Crippen LogP contribution in [0.25, 0.3) is 0 Å². The first-order valence-electron chi connectivity index (χ1n) is 6.76. The molecule has 2 amide bonds. The first-order chi connectivity index (χ1) is 8.58. The van der Waals surface area contributed by atoms with Gasteiger partial charge in [0.1, 0.15) is 0 Å². The van der Waals surface area contributed by atoms with E-state index in [9.17, 15) is 9.59 Å². The minimum absolute atomic E-state index is 0.0120. The second kappa shape index (κ2) is 5.69. The van der Waals surface area contributed by atoms with Crippen LogP contribution in [0.4, 0.5) is 0 Å². The third-order valence-electron chi connectivity index (χ3n) is 3.68. The van der Waals surface area contributed by atoms with E-state index in [0.29, 0.717) is 19.5 Å². The Morgan fingerprint density at radius 2 is 2.33 bits per heavy atom. The molecule has 2 heterocycles. The van der Waals surface area contributed by atoms with E-state index >= 15 is 0 Å². The van der Waals surface area contributed by atoms with Crippen molar-refractivity contribution in [3.8, 4) is 0 Å². The van der Waals surface area contributed by atoms with Crippen LogP contribution in [0.15, 0.2) is 0 Å². The minimum atomic E-state index is -0.193. The summed E-state index contributed by atoms with van der Waals surface area (Å²) in [5.41, 5.74) is 0. The predicted molar refractivity (Wildman–Crippen MR) is 66.9 cm³/mol. The zero-order chi connectivity index (χ0) is 13.1. The molecular weight excluding hydrogens is 232 g/mol. The molecule has 0 aromatic carbocycles. The fraction of sp³-hybridized carbons (Fsp3) is 0.846. The Morgan fingerprint density at radius 1 is 1.56 bits per heavy atom. The Hall–Kier alpha value is -1.10. The molecule has 2 atom stereocenters. The van der Waals surface area contributed by atoms with Crippen LogP contribution in [0.5, 0.6) is 0 Å². The van der Waals surface area contributed by atoms with Gasteiger partial charge in [0.25, 0.3) is 0 Å². The van der Waals surface area contributed by atoms with Gasteiger partial charge in [0.2, 0.25) is 11.8 Å². The van der Waals surface area contributed by atoms with Crippen molar-refractivity contribution >= 4 is 11.8 Å². The lowest BCUT2D eigenvalue weighted by molar-refractivity contribution is -0.130. The zero-order valence-electron chi connectivity index (χ0n) is 11.1. The number of carbonyl (C=O) groups excluding carboxylic acids is 2. The second-order valence-electron chi connectivity index (χ2n) is 5.42. The van der Waals surface area contributed by atoms with Gasteiger partial charge in [0, 0.05) is 32.2 Å². The van der Waals surface area contributed by atoms with Crippen LogP contribution in [0.2, 0.25) is 0 Å². The van der Waals surface area contributed by atoms with E-state index in [1.165, 1.54) is 0 Å². The van der Waals surface area contributed by atoms with E-state index in [-0.39, 0.29) is 29.9 Å². The normalized spacial score (nSPS) is 28.2. The fourth-order valence-electron chi connectivity index (χ4n) is 2.57. The van der Waals surface area contributed by atoms with Gasteiger partial charge in [-0.05, 0) is 26.7 Å². The highest BCUT2D eigenvalue weighted by Crippen LogP contribution is 2.20. The van der Waals surface area contributed by atoms with Crippen LogP contribution in [0, 0.1) is 5.92 Å². The average molecular weight is 254 g/mol. The molecule has 0 bridgehead atoms. The number of carbonyl (C=O) groups is 2. The van der Waals surface area contributed by atoms with Gasteiger partial charge >= 0.3 is 0 Å². The van der Waals surface area contributed by atoms with E-state index in [0.717, 1.165) is 19.4 Å².